The molecule has 1 aromatic rings. The molecule has 0 unspecified atom stereocenters. The van der Waals surface area contributed by atoms with Crippen molar-refractivity contribution in [1.29, 1.82) is 0 Å². The number of carbonyl (C=O) groups is 1. The van der Waals surface area contributed by atoms with Gasteiger partial charge in [0.05, 0.1) is 0 Å². The second-order valence-corrected chi connectivity index (χ2v) is 6.59. The van der Waals surface area contributed by atoms with Gasteiger partial charge < -0.3 is 5.32 Å². The molecule has 0 heterocycles. The van der Waals surface area contributed by atoms with Crippen LogP contribution in [-0.2, 0) is 4.79 Å². The quantitative estimate of drug-likeness (QED) is 0.754. The second-order valence-electron chi connectivity index (χ2n) is 6.59. The fourth-order valence-electron chi connectivity index (χ4n) is 2.95. The Balaban J connectivity index is 2.28. The summed E-state index contributed by atoms with van der Waals surface area (Å²) in [5, 5.41) is 3.24. The lowest BCUT2D eigenvalue weighted by Gasteiger charge is -2.23. The first-order valence-electron chi connectivity index (χ1n) is 8.09. The van der Waals surface area contributed by atoms with E-state index in [1.807, 2.05) is 0 Å². The predicted octanol–water partition coefficient (Wildman–Crippen LogP) is 5.23. The van der Waals surface area contributed by atoms with E-state index in [4.69, 9.17) is 0 Å². The summed E-state index contributed by atoms with van der Waals surface area (Å²) < 4.78 is 0. The summed E-state index contributed by atoms with van der Waals surface area (Å²) in [4.78, 5) is 12.6. The summed E-state index contributed by atoms with van der Waals surface area (Å²) in [6.45, 7) is 8.72. The molecule has 1 aromatic carbocycles. The number of amides is 1. The van der Waals surface area contributed by atoms with E-state index in [2.05, 4.69) is 63.4 Å². The van der Waals surface area contributed by atoms with Crippen molar-refractivity contribution in [3.05, 3.63) is 41.5 Å². The molecule has 2 rings (SSSR count). The average Bonchev–Trinajstić information content (AvgIpc) is 2.47. The number of carbonyl (C=O) groups excluding carboxylic acids is 1. The van der Waals surface area contributed by atoms with Gasteiger partial charge >= 0.3 is 0 Å². The number of hydrogen-bond acceptors (Lipinski definition) is 1. The molecule has 0 radical (unpaired) electrons. The Hall–Kier alpha value is -1.57. The van der Waals surface area contributed by atoms with E-state index in [-0.39, 0.29) is 11.8 Å². The molecular formula is C19H27NO. The van der Waals surface area contributed by atoms with Gasteiger partial charge in [-0.2, -0.15) is 0 Å². The van der Waals surface area contributed by atoms with Gasteiger partial charge in [0.25, 0.3) is 0 Å². The maximum Gasteiger partial charge on any atom is 0.227 e. The Bertz CT molecular complexity index is 502. The maximum absolute atomic E-state index is 12.6. The van der Waals surface area contributed by atoms with Crippen molar-refractivity contribution in [3.63, 3.8) is 0 Å². The van der Waals surface area contributed by atoms with Crippen LogP contribution in [0.1, 0.15) is 69.9 Å². The first-order valence-corrected chi connectivity index (χ1v) is 8.09. The maximum atomic E-state index is 12.6. The van der Waals surface area contributed by atoms with E-state index in [0.717, 1.165) is 24.9 Å². The molecule has 2 nitrogen and oxygen atoms in total. The summed E-state index contributed by atoms with van der Waals surface area (Å²) in [5.41, 5.74) is 3.52. The molecule has 0 saturated heterocycles. The van der Waals surface area contributed by atoms with Crippen molar-refractivity contribution >= 4 is 11.6 Å². The van der Waals surface area contributed by atoms with Crippen molar-refractivity contribution in [2.45, 2.75) is 58.8 Å². The molecule has 0 fully saturated rings. The van der Waals surface area contributed by atoms with Crippen LogP contribution in [0.5, 0.6) is 0 Å². The monoisotopic (exact) mass is 285 g/mol. The minimum Gasteiger partial charge on any atom is -0.325 e. The number of anilines is 1. The molecule has 114 valence electrons. The lowest BCUT2D eigenvalue weighted by molar-refractivity contribution is -0.120. The van der Waals surface area contributed by atoms with Crippen LogP contribution < -0.4 is 5.32 Å². The van der Waals surface area contributed by atoms with Crippen LogP contribution in [0.3, 0.4) is 0 Å². The zero-order valence-electron chi connectivity index (χ0n) is 13.6. The Morgan fingerprint density at radius 1 is 1.10 bits per heavy atom. The number of benzene rings is 1. The molecule has 1 amide bonds. The summed E-state index contributed by atoms with van der Waals surface area (Å²) in [5.74, 6) is 1.11. The Kier molecular flexibility index (Phi) is 5.22. The van der Waals surface area contributed by atoms with Crippen molar-refractivity contribution in [2.75, 3.05) is 5.32 Å². The van der Waals surface area contributed by atoms with Crippen molar-refractivity contribution < 1.29 is 4.79 Å². The van der Waals surface area contributed by atoms with Crippen LogP contribution >= 0.6 is 0 Å². The van der Waals surface area contributed by atoms with Crippen LogP contribution in [0.25, 0.3) is 0 Å². The standard InChI is InChI=1S/C19H27NO/c1-13(2)16-11-8-12-17(14(3)4)18(16)20-19(21)15-9-6-5-7-10-15/h5-6,8,11-15H,7,9-10H2,1-4H3,(H,20,21)/t15-/m1/s1. The molecule has 1 aliphatic carbocycles. The third-order valence-electron chi connectivity index (χ3n) is 4.26. The topological polar surface area (TPSA) is 29.1 Å². The van der Waals surface area contributed by atoms with Crippen LogP contribution in [0.15, 0.2) is 30.4 Å². The zero-order valence-corrected chi connectivity index (χ0v) is 13.6. The van der Waals surface area contributed by atoms with Crippen LogP contribution in [0.4, 0.5) is 5.69 Å². The van der Waals surface area contributed by atoms with Gasteiger partial charge in [0.15, 0.2) is 0 Å². The molecule has 0 aliphatic heterocycles. The third-order valence-corrected chi connectivity index (χ3v) is 4.26. The molecule has 1 atom stereocenters. The van der Waals surface area contributed by atoms with E-state index in [1.54, 1.807) is 0 Å². The van der Waals surface area contributed by atoms with Crippen LogP contribution in [0, 0.1) is 5.92 Å². The third kappa shape index (κ3) is 3.75. The minimum atomic E-state index is 0.121. The fourth-order valence-corrected chi connectivity index (χ4v) is 2.95. The smallest absolute Gasteiger partial charge is 0.227 e. The minimum absolute atomic E-state index is 0.121. The SMILES string of the molecule is CC(C)c1cccc(C(C)C)c1NC(=O)[C@@H]1CC=CCC1. The lowest BCUT2D eigenvalue weighted by atomic mass is 9.90. The summed E-state index contributed by atoms with van der Waals surface area (Å²) in [7, 11) is 0. The highest BCUT2D eigenvalue weighted by Gasteiger charge is 2.22. The van der Waals surface area contributed by atoms with E-state index >= 15 is 0 Å². The molecule has 0 aromatic heterocycles. The largest absolute Gasteiger partial charge is 0.325 e. The second kappa shape index (κ2) is 6.93. The summed E-state index contributed by atoms with van der Waals surface area (Å²) in [6, 6.07) is 6.36. The van der Waals surface area contributed by atoms with E-state index in [9.17, 15) is 4.79 Å². The van der Waals surface area contributed by atoms with Crippen molar-refractivity contribution in [1.82, 2.24) is 0 Å². The number of hydrogen-bond donors (Lipinski definition) is 1. The highest BCUT2D eigenvalue weighted by molar-refractivity contribution is 5.94. The first kappa shape index (κ1) is 15.8. The van der Waals surface area contributed by atoms with Gasteiger partial charge in [-0.1, -0.05) is 58.0 Å². The van der Waals surface area contributed by atoms with Gasteiger partial charge in [0, 0.05) is 11.6 Å². The number of nitrogens with one attached hydrogen (secondary N) is 1. The van der Waals surface area contributed by atoms with E-state index in [0.29, 0.717) is 11.8 Å². The molecule has 0 spiro atoms. The molecule has 2 heteroatoms. The van der Waals surface area contributed by atoms with Crippen LogP contribution in [0.2, 0.25) is 0 Å². The summed E-state index contributed by atoms with van der Waals surface area (Å²) >= 11 is 0. The molecule has 0 bridgehead atoms. The first-order chi connectivity index (χ1) is 10.0. The van der Waals surface area contributed by atoms with Crippen LogP contribution in [-0.4, -0.2) is 5.91 Å². The molecule has 1 N–H and O–H groups in total. The number of rotatable bonds is 4. The number of allylic oxidation sites excluding steroid dienone is 2. The van der Waals surface area contributed by atoms with E-state index < -0.39 is 0 Å². The Morgan fingerprint density at radius 2 is 1.71 bits per heavy atom. The Morgan fingerprint density at radius 3 is 2.19 bits per heavy atom. The predicted molar refractivity (Wildman–Crippen MR) is 89.7 cm³/mol. The average molecular weight is 285 g/mol. The van der Waals surface area contributed by atoms with Gasteiger partial charge in [0.1, 0.15) is 0 Å². The highest BCUT2D eigenvalue weighted by atomic mass is 16.1. The lowest BCUT2D eigenvalue weighted by Crippen LogP contribution is -2.25. The van der Waals surface area contributed by atoms with Gasteiger partial charge in [-0.3, -0.25) is 4.79 Å². The van der Waals surface area contributed by atoms with E-state index in [1.165, 1.54) is 11.1 Å². The normalized spacial score (nSPS) is 18.3. The van der Waals surface area contributed by atoms with Crippen molar-refractivity contribution in [2.24, 2.45) is 5.92 Å². The molecule has 1 aliphatic rings. The summed E-state index contributed by atoms with van der Waals surface area (Å²) in [6.07, 6.45) is 7.15. The van der Waals surface area contributed by atoms with Gasteiger partial charge in [0.2, 0.25) is 5.91 Å². The fraction of sp³-hybridized carbons (Fsp3) is 0.526. The molecular weight excluding hydrogens is 258 g/mol. The van der Waals surface area contributed by atoms with Gasteiger partial charge in [-0.05, 0) is 42.2 Å². The number of para-hydroxylation sites is 1. The van der Waals surface area contributed by atoms with Gasteiger partial charge in [-0.25, -0.2) is 0 Å². The zero-order chi connectivity index (χ0) is 15.4. The molecule has 0 saturated carbocycles. The highest BCUT2D eigenvalue weighted by Crippen LogP contribution is 2.33. The van der Waals surface area contributed by atoms with Crippen molar-refractivity contribution in [3.8, 4) is 0 Å². The van der Waals surface area contributed by atoms with Gasteiger partial charge in [-0.15, -0.1) is 0 Å². The molecule has 21 heavy (non-hydrogen) atoms. The Labute approximate surface area is 128 Å².